The van der Waals surface area contributed by atoms with E-state index in [0.29, 0.717) is 17.6 Å². The van der Waals surface area contributed by atoms with Gasteiger partial charge in [0.05, 0.1) is 11.8 Å². The minimum Gasteiger partial charge on any atom is -0.384 e. The summed E-state index contributed by atoms with van der Waals surface area (Å²) >= 11 is 0. The van der Waals surface area contributed by atoms with Gasteiger partial charge in [0.25, 0.3) is 0 Å². The van der Waals surface area contributed by atoms with E-state index in [1.165, 1.54) is 12.8 Å². The van der Waals surface area contributed by atoms with Gasteiger partial charge in [-0.25, -0.2) is 0 Å². The maximum Gasteiger partial charge on any atom is 0.162 e. The van der Waals surface area contributed by atoms with Crippen LogP contribution in [0.15, 0.2) is 12.3 Å². The van der Waals surface area contributed by atoms with E-state index in [-0.39, 0.29) is 5.84 Å². The Labute approximate surface area is 113 Å². The highest BCUT2D eigenvalue weighted by atomic mass is 15.3. The Hall–Kier alpha value is -1.69. The molecule has 0 amide bonds. The number of nitrogen functional groups attached to an aromatic ring is 1. The maximum absolute atomic E-state index is 7.67. The lowest BCUT2D eigenvalue weighted by Crippen LogP contribution is -2.38. The van der Waals surface area contributed by atoms with Crippen LogP contribution in [0.1, 0.15) is 24.8 Å². The molecule has 2 fully saturated rings. The molecule has 2 saturated heterocycles. The predicted octanol–water partition coefficient (Wildman–Crippen LogP) is 0.434. The number of likely N-dealkylation sites (N-methyl/N-ethyl adjacent to an activating group) is 1. The van der Waals surface area contributed by atoms with Gasteiger partial charge in [0.1, 0.15) is 5.84 Å². The lowest BCUT2D eigenvalue weighted by molar-refractivity contribution is 0.254. The van der Waals surface area contributed by atoms with Crippen molar-refractivity contribution in [3.8, 4) is 0 Å². The number of hydrogen-bond acceptors (Lipinski definition) is 5. The third-order valence-corrected chi connectivity index (χ3v) is 4.44. The second kappa shape index (κ2) is 4.77. The fraction of sp³-hybridized carbons (Fsp3) is 0.615. The summed E-state index contributed by atoms with van der Waals surface area (Å²) in [4.78, 5) is 4.73. The van der Waals surface area contributed by atoms with Crippen LogP contribution in [0.3, 0.4) is 0 Å². The van der Waals surface area contributed by atoms with Gasteiger partial charge in [-0.05, 0) is 32.4 Å². The zero-order chi connectivity index (χ0) is 13.4. The number of aromatic nitrogens is 2. The van der Waals surface area contributed by atoms with E-state index in [1.807, 2.05) is 0 Å². The molecule has 102 valence electrons. The summed E-state index contributed by atoms with van der Waals surface area (Å²) in [6.45, 7) is 1.91. The highest BCUT2D eigenvalue weighted by Crippen LogP contribution is 2.30. The van der Waals surface area contributed by atoms with Crippen molar-refractivity contribution in [3.63, 3.8) is 0 Å². The van der Waals surface area contributed by atoms with E-state index in [0.717, 1.165) is 25.3 Å². The molecule has 2 unspecified atom stereocenters. The standard InChI is InChI=1S/C13H20N6/c1-18-9-2-3-10(18)8-19(7-5-9)13-11(12(14)15)4-6-16-17-13/h4,6,9-10H,2-3,5,7-8H2,1H3,(H3,14,15). The van der Waals surface area contributed by atoms with E-state index >= 15 is 0 Å². The minimum absolute atomic E-state index is 0.0626. The third-order valence-electron chi connectivity index (χ3n) is 4.44. The molecule has 19 heavy (non-hydrogen) atoms. The number of fused-ring (bicyclic) bond motifs is 2. The zero-order valence-electron chi connectivity index (χ0n) is 11.2. The molecular formula is C13H20N6. The molecule has 3 heterocycles. The number of anilines is 1. The molecule has 2 atom stereocenters. The summed E-state index contributed by atoms with van der Waals surface area (Å²) in [7, 11) is 2.22. The molecule has 0 aliphatic carbocycles. The minimum atomic E-state index is 0.0626. The second-order valence-corrected chi connectivity index (χ2v) is 5.47. The molecule has 0 saturated carbocycles. The Morgan fingerprint density at radius 3 is 2.95 bits per heavy atom. The molecule has 0 aromatic carbocycles. The molecule has 3 N–H and O–H groups in total. The third kappa shape index (κ3) is 2.16. The summed E-state index contributed by atoms with van der Waals surface area (Å²) < 4.78 is 0. The number of rotatable bonds is 2. The van der Waals surface area contributed by atoms with Crippen LogP contribution in [0.4, 0.5) is 5.82 Å². The Kier molecular flexibility index (Phi) is 3.10. The van der Waals surface area contributed by atoms with Crippen molar-refractivity contribution in [1.82, 2.24) is 15.1 Å². The lowest BCUT2D eigenvalue weighted by Gasteiger charge is -2.27. The van der Waals surface area contributed by atoms with Gasteiger partial charge in [-0.3, -0.25) is 10.3 Å². The van der Waals surface area contributed by atoms with E-state index in [4.69, 9.17) is 11.1 Å². The molecule has 1 aromatic heterocycles. The van der Waals surface area contributed by atoms with Crippen molar-refractivity contribution in [2.45, 2.75) is 31.3 Å². The Bertz CT molecular complexity index is 488. The molecule has 1 aromatic rings. The monoisotopic (exact) mass is 260 g/mol. The molecule has 3 rings (SSSR count). The lowest BCUT2D eigenvalue weighted by atomic mass is 10.1. The summed E-state index contributed by atoms with van der Waals surface area (Å²) in [5.74, 6) is 0.823. The van der Waals surface area contributed by atoms with Crippen LogP contribution in [-0.2, 0) is 0 Å². The van der Waals surface area contributed by atoms with E-state index in [1.54, 1.807) is 12.3 Å². The number of nitrogens with zero attached hydrogens (tertiary/aromatic N) is 4. The zero-order valence-corrected chi connectivity index (χ0v) is 11.2. The first-order chi connectivity index (χ1) is 9.16. The summed E-state index contributed by atoms with van der Waals surface area (Å²) in [6.07, 6.45) is 5.28. The van der Waals surface area contributed by atoms with Gasteiger partial charge in [-0.1, -0.05) is 0 Å². The molecule has 0 spiro atoms. The molecule has 2 bridgehead atoms. The van der Waals surface area contributed by atoms with Crippen LogP contribution in [0.5, 0.6) is 0 Å². The van der Waals surface area contributed by atoms with E-state index < -0.39 is 0 Å². The molecule has 2 aliphatic heterocycles. The summed E-state index contributed by atoms with van der Waals surface area (Å²) in [5.41, 5.74) is 6.33. The molecular weight excluding hydrogens is 240 g/mol. The highest BCUT2D eigenvalue weighted by molar-refractivity contribution is 5.99. The number of nitrogens with one attached hydrogen (secondary N) is 1. The quantitative estimate of drug-likeness (QED) is 0.595. The van der Waals surface area contributed by atoms with Crippen LogP contribution < -0.4 is 10.6 Å². The van der Waals surface area contributed by atoms with Gasteiger partial charge < -0.3 is 10.6 Å². The van der Waals surface area contributed by atoms with E-state index in [2.05, 4.69) is 27.0 Å². The normalized spacial score (nSPS) is 27.3. The number of nitrogens with two attached hydrogens (primary N) is 1. The summed E-state index contributed by atoms with van der Waals surface area (Å²) in [5, 5.41) is 15.8. The van der Waals surface area contributed by atoms with Gasteiger partial charge in [-0.2, -0.15) is 5.10 Å². The van der Waals surface area contributed by atoms with Gasteiger partial charge in [0, 0.05) is 25.2 Å². The van der Waals surface area contributed by atoms with Crippen LogP contribution >= 0.6 is 0 Å². The van der Waals surface area contributed by atoms with Crippen LogP contribution in [-0.4, -0.2) is 53.2 Å². The predicted molar refractivity (Wildman–Crippen MR) is 74.5 cm³/mol. The second-order valence-electron chi connectivity index (χ2n) is 5.47. The topological polar surface area (TPSA) is 82.1 Å². The molecule has 0 radical (unpaired) electrons. The average Bonchev–Trinajstić information content (AvgIpc) is 2.63. The van der Waals surface area contributed by atoms with Crippen molar-refractivity contribution >= 4 is 11.7 Å². The van der Waals surface area contributed by atoms with Gasteiger partial charge in [-0.15, -0.1) is 5.10 Å². The largest absolute Gasteiger partial charge is 0.384 e. The molecule has 6 nitrogen and oxygen atoms in total. The van der Waals surface area contributed by atoms with Crippen LogP contribution in [0.25, 0.3) is 0 Å². The average molecular weight is 260 g/mol. The maximum atomic E-state index is 7.67. The van der Waals surface area contributed by atoms with Crippen molar-refractivity contribution < 1.29 is 0 Å². The van der Waals surface area contributed by atoms with E-state index in [9.17, 15) is 0 Å². The molecule has 6 heteroatoms. The van der Waals surface area contributed by atoms with Crippen molar-refractivity contribution in [2.75, 3.05) is 25.0 Å². The molecule has 2 aliphatic rings. The van der Waals surface area contributed by atoms with Crippen molar-refractivity contribution in [3.05, 3.63) is 17.8 Å². The summed E-state index contributed by atoms with van der Waals surface area (Å²) in [6, 6.07) is 3.04. The van der Waals surface area contributed by atoms with Crippen LogP contribution in [0.2, 0.25) is 0 Å². The van der Waals surface area contributed by atoms with Crippen molar-refractivity contribution in [2.24, 2.45) is 5.73 Å². The first-order valence-electron chi connectivity index (χ1n) is 6.80. The van der Waals surface area contributed by atoms with Gasteiger partial charge >= 0.3 is 0 Å². The Morgan fingerprint density at radius 1 is 1.37 bits per heavy atom. The number of hydrogen-bond donors (Lipinski definition) is 2. The SMILES string of the molecule is CN1C2CCC1CN(c1nnccc1C(=N)N)CC2. The van der Waals surface area contributed by atoms with Crippen LogP contribution in [0, 0.1) is 5.41 Å². The first kappa shape index (κ1) is 12.3. The van der Waals surface area contributed by atoms with Gasteiger partial charge in [0.2, 0.25) is 0 Å². The Morgan fingerprint density at radius 2 is 2.16 bits per heavy atom. The van der Waals surface area contributed by atoms with Gasteiger partial charge in [0.15, 0.2) is 5.82 Å². The Balaban J connectivity index is 1.89. The van der Waals surface area contributed by atoms with Crippen molar-refractivity contribution in [1.29, 1.82) is 5.41 Å². The number of amidine groups is 1. The highest BCUT2D eigenvalue weighted by Gasteiger charge is 2.35. The smallest absolute Gasteiger partial charge is 0.162 e. The first-order valence-corrected chi connectivity index (χ1v) is 6.80. The fourth-order valence-electron chi connectivity index (χ4n) is 3.27. The fourth-order valence-corrected chi connectivity index (χ4v) is 3.27.